The van der Waals surface area contributed by atoms with Gasteiger partial charge in [0, 0.05) is 24.0 Å². The fraction of sp³-hybridized carbons (Fsp3) is 0.625. The van der Waals surface area contributed by atoms with Crippen molar-refractivity contribution in [1.82, 2.24) is 10.2 Å². The zero-order valence-electron chi connectivity index (χ0n) is 11.7. The molecule has 2 atom stereocenters. The van der Waals surface area contributed by atoms with Crippen LogP contribution in [0.15, 0.2) is 24.3 Å². The number of hydrogen-bond donors (Lipinski definition) is 1. The van der Waals surface area contributed by atoms with Crippen LogP contribution < -0.4 is 5.32 Å². The Morgan fingerprint density at radius 1 is 1.37 bits per heavy atom. The van der Waals surface area contributed by atoms with Crippen LogP contribution in [-0.2, 0) is 0 Å². The van der Waals surface area contributed by atoms with Gasteiger partial charge in [0.2, 0.25) is 0 Å². The van der Waals surface area contributed by atoms with E-state index in [2.05, 4.69) is 35.5 Å². The maximum absolute atomic E-state index is 6.19. The summed E-state index contributed by atoms with van der Waals surface area (Å²) in [6.45, 7) is 4.72. The van der Waals surface area contributed by atoms with Crippen molar-refractivity contribution in [3.05, 3.63) is 34.9 Å². The summed E-state index contributed by atoms with van der Waals surface area (Å²) in [5, 5.41) is 4.44. The van der Waals surface area contributed by atoms with Crippen LogP contribution in [0.2, 0.25) is 5.02 Å². The minimum atomic E-state index is 0.447. The number of rotatable bonds is 1. The smallest absolute Gasteiger partial charge is 0.0408 e. The molecule has 2 unspecified atom stereocenters. The maximum atomic E-state index is 6.19. The van der Waals surface area contributed by atoms with Gasteiger partial charge in [-0.2, -0.15) is 0 Å². The van der Waals surface area contributed by atoms with Crippen LogP contribution in [0.5, 0.6) is 0 Å². The van der Waals surface area contributed by atoms with E-state index in [0.29, 0.717) is 11.3 Å². The Morgan fingerprint density at radius 3 is 3.05 bits per heavy atom. The monoisotopic (exact) mass is 278 g/mol. The van der Waals surface area contributed by atoms with Gasteiger partial charge in [-0.05, 0) is 62.5 Å². The number of nitrogens with one attached hydrogen (secondary N) is 1. The van der Waals surface area contributed by atoms with Crippen molar-refractivity contribution in [2.45, 2.75) is 25.2 Å². The molecule has 1 N–H and O–H groups in total. The molecule has 3 heteroatoms. The predicted octanol–water partition coefficient (Wildman–Crippen LogP) is 3.13. The molecule has 2 saturated heterocycles. The predicted molar refractivity (Wildman–Crippen MR) is 80.8 cm³/mol. The summed E-state index contributed by atoms with van der Waals surface area (Å²) in [7, 11) is 2.26. The molecule has 2 aliphatic heterocycles. The first-order chi connectivity index (χ1) is 9.20. The van der Waals surface area contributed by atoms with Gasteiger partial charge in [-0.3, -0.25) is 0 Å². The summed E-state index contributed by atoms with van der Waals surface area (Å²) >= 11 is 6.19. The Hall–Kier alpha value is -0.570. The van der Waals surface area contributed by atoms with Crippen LogP contribution in [-0.4, -0.2) is 38.1 Å². The summed E-state index contributed by atoms with van der Waals surface area (Å²) in [4.78, 5) is 2.51. The molecule has 2 fully saturated rings. The topological polar surface area (TPSA) is 15.3 Å². The lowest BCUT2D eigenvalue weighted by Gasteiger charge is -2.50. The van der Waals surface area contributed by atoms with Crippen LogP contribution in [0, 0.1) is 5.41 Å². The average molecular weight is 279 g/mol. The summed E-state index contributed by atoms with van der Waals surface area (Å²) in [5.74, 6) is 0.600. The molecule has 1 aromatic rings. The van der Waals surface area contributed by atoms with E-state index in [4.69, 9.17) is 11.6 Å². The maximum Gasteiger partial charge on any atom is 0.0408 e. The normalized spacial score (nSPS) is 32.6. The second-order valence-electron chi connectivity index (χ2n) is 6.27. The van der Waals surface area contributed by atoms with Gasteiger partial charge in [0.1, 0.15) is 0 Å². The van der Waals surface area contributed by atoms with Gasteiger partial charge in [0.25, 0.3) is 0 Å². The minimum absolute atomic E-state index is 0.447. The van der Waals surface area contributed by atoms with Crippen LogP contribution in [0.25, 0.3) is 0 Å². The first kappa shape index (κ1) is 13.4. The van der Waals surface area contributed by atoms with Crippen LogP contribution in [0.4, 0.5) is 0 Å². The number of halogens is 1. The largest absolute Gasteiger partial charge is 0.316 e. The molecule has 104 valence electrons. The summed E-state index contributed by atoms with van der Waals surface area (Å²) in [6.07, 6.45) is 3.97. The van der Waals surface area contributed by atoms with Crippen molar-refractivity contribution in [2.24, 2.45) is 5.41 Å². The van der Waals surface area contributed by atoms with Crippen molar-refractivity contribution in [3.63, 3.8) is 0 Å². The molecule has 0 amide bonds. The highest BCUT2D eigenvalue weighted by atomic mass is 35.5. The molecule has 1 spiro atoms. The van der Waals surface area contributed by atoms with Gasteiger partial charge in [-0.1, -0.05) is 23.7 Å². The average Bonchev–Trinajstić information content (AvgIpc) is 2.39. The third-order valence-electron chi connectivity index (χ3n) is 4.94. The standard InChI is InChI=1S/C16H23ClN2/c1-19-9-3-6-16(12-19)7-8-18-11-15(16)13-4-2-5-14(17)10-13/h2,4-5,10,15,18H,3,6-9,11-12H2,1H3. The number of nitrogens with zero attached hydrogens (tertiary/aromatic N) is 1. The third kappa shape index (κ3) is 2.67. The van der Waals surface area contributed by atoms with E-state index in [1.54, 1.807) is 0 Å². The zero-order chi connectivity index (χ0) is 13.3. The molecule has 0 radical (unpaired) electrons. The third-order valence-corrected chi connectivity index (χ3v) is 5.17. The van der Waals surface area contributed by atoms with Gasteiger partial charge in [-0.25, -0.2) is 0 Å². The summed E-state index contributed by atoms with van der Waals surface area (Å²) in [5.41, 5.74) is 1.86. The van der Waals surface area contributed by atoms with Crippen molar-refractivity contribution in [3.8, 4) is 0 Å². The SMILES string of the molecule is CN1CCCC2(CCNCC2c2cccc(Cl)c2)C1. The van der Waals surface area contributed by atoms with Gasteiger partial charge < -0.3 is 10.2 Å². The van der Waals surface area contributed by atoms with Gasteiger partial charge in [0.15, 0.2) is 0 Å². The van der Waals surface area contributed by atoms with Gasteiger partial charge in [-0.15, -0.1) is 0 Å². The summed E-state index contributed by atoms with van der Waals surface area (Å²) < 4.78 is 0. The molecule has 2 heterocycles. The number of likely N-dealkylation sites (tertiary alicyclic amines) is 1. The second kappa shape index (κ2) is 5.43. The lowest BCUT2D eigenvalue weighted by molar-refractivity contribution is 0.0541. The first-order valence-corrected chi connectivity index (χ1v) is 7.72. The van der Waals surface area contributed by atoms with E-state index in [0.717, 1.165) is 18.1 Å². The molecule has 2 aliphatic rings. The van der Waals surface area contributed by atoms with E-state index in [9.17, 15) is 0 Å². The molecule has 1 aromatic carbocycles. The Morgan fingerprint density at radius 2 is 2.26 bits per heavy atom. The minimum Gasteiger partial charge on any atom is -0.316 e. The van der Waals surface area contributed by atoms with Crippen molar-refractivity contribution in [2.75, 3.05) is 33.2 Å². The zero-order valence-corrected chi connectivity index (χ0v) is 12.4. The lowest BCUT2D eigenvalue weighted by atomic mass is 9.64. The molecule has 0 aromatic heterocycles. The van der Waals surface area contributed by atoms with E-state index in [1.807, 2.05) is 6.07 Å². The van der Waals surface area contributed by atoms with Crippen molar-refractivity contribution < 1.29 is 0 Å². The summed E-state index contributed by atoms with van der Waals surface area (Å²) in [6, 6.07) is 8.48. The van der Waals surface area contributed by atoms with Gasteiger partial charge in [0.05, 0.1) is 0 Å². The number of hydrogen-bond acceptors (Lipinski definition) is 2. The molecule has 2 nitrogen and oxygen atoms in total. The number of piperidine rings is 2. The lowest BCUT2D eigenvalue weighted by Crippen LogP contribution is -2.51. The molecule has 0 saturated carbocycles. The Labute approximate surface area is 121 Å². The Kier molecular flexibility index (Phi) is 3.84. The van der Waals surface area contributed by atoms with Crippen LogP contribution in [0.1, 0.15) is 30.7 Å². The van der Waals surface area contributed by atoms with Crippen molar-refractivity contribution in [1.29, 1.82) is 0 Å². The molecule has 3 rings (SSSR count). The quantitative estimate of drug-likeness (QED) is 0.849. The highest BCUT2D eigenvalue weighted by Gasteiger charge is 2.43. The molecule has 0 aliphatic carbocycles. The first-order valence-electron chi connectivity index (χ1n) is 7.34. The van der Waals surface area contributed by atoms with E-state index in [1.165, 1.54) is 37.9 Å². The molecular weight excluding hydrogens is 256 g/mol. The Balaban J connectivity index is 1.92. The fourth-order valence-corrected chi connectivity index (χ4v) is 4.25. The Bertz CT molecular complexity index is 444. The van der Waals surface area contributed by atoms with E-state index in [-0.39, 0.29) is 0 Å². The highest BCUT2D eigenvalue weighted by molar-refractivity contribution is 6.30. The number of benzene rings is 1. The van der Waals surface area contributed by atoms with Crippen LogP contribution in [0.3, 0.4) is 0 Å². The molecular formula is C16H23ClN2. The van der Waals surface area contributed by atoms with Crippen LogP contribution >= 0.6 is 11.6 Å². The van der Waals surface area contributed by atoms with Crippen molar-refractivity contribution >= 4 is 11.6 Å². The molecule has 19 heavy (non-hydrogen) atoms. The fourth-order valence-electron chi connectivity index (χ4n) is 4.05. The van der Waals surface area contributed by atoms with E-state index < -0.39 is 0 Å². The molecule has 0 bridgehead atoms. The highest BCUT2D eigenvalue weighted by Crippen LogP contribution is 2.47. The van der Waals surface area contributed by atoms with Gasteiger partial charge >= 0.3 is 0 Å². The second-order valence-corrected chi connectivity index (χ2v) is 6.70. The van der Waals surface area contributed by atoms with E-state index >= 15 is 0 Å².